The number of sulfonamides is 1. The van der Waals surface area contributed by atoms with Crippen molar-refractivity contribution in [2.24, 2.45) is 0 Å². The number of aromatic nitrogens is 2. The van der Waals surface area contributed by atoms with Crippen molar-refractivity contribution >= 4 is 21.6 Å². The van der Waals surface area contributed by atoms with Crippen LogP contribution in [0.4, 0.5) is 13.2 Å². The molecule has 2 rings (SSSR count). The zero-order valence-electron chi connectivity index (χ0n) is 10.3. The summed E-state index contributed by atoms with van der Waals surface area (Å²) in [4.78, 5) is 5.85. The molecule has 0 unspecified atom stereocenters. The van der Waals surface area contributed by atoms with Crippen LogP contribution in [0.5, 0.6) is 0 Å². The minimum Gasteiger partial charge on any atom is -0.347 e. The fourth-order valence-corrected chi connectivity index (χ4v) is 2.78. The highest BCUT2D eigenvalue weighted by molar-refractivity contribution is 7.89. The Balaban J connectivity index is 2.28. The summed E-state index contributed by atoms with van der Waals surface area (Å²) in [5.41, 5.74) is -0.725. The molecular weight excluding hydrogens is 331 g/mol. The van der Waals surface area contributed by atoms with E-state index in [0.717, 1.165) is 12.1 Å². The van der Waals surface area contributed by atoms with Crippen molar-refractivity contribution in [2.45, 2.75) is 17.6 Å². The molecule has 0 amide bonds. The van der Waals surface area contributed by atoms with E-state index in [9.17, 15) is 21.6 Å². The molecule has 5 nitrogen and oxygen atoms in total. The molecule has 21 heavy (non-hydrogen) atoms. The zero-order valence-corrected chi connectivity index (χ0v) is 11.9. The number of nitrogens with one attached hydrogen (secondary N) is 2. The van der Waals surface area contributed by atoms with Crippen molar-refractivity contribution in [3.63, 3.8) is 0 Å². The molecule has 1 aromatic heterocycles. The molecule has 0 bridgehead atoms. The monoisotopic (exact) mass is 339 g/mol. The van der Waals surface area contributed by atoms with E-state index in [2.05, 4.69) is 14.7 Å². The third-order valence-corrected chi connectivity index (χ3v) is 4.29. The lowest BCUT2D eigenvalue weighted by atomic mass is 10.2. The molecule has 0 aliphatic rings. The summed E-state index contributed by atoms with van der Waals surface area (Å²) in [6.45, 7) is -0.119. The molecule has 0 atom stereocenters. The molecule has 0 aliphatic heterocycles. The van der Waals surface area contributed by atoms with Gasteiger partial charge in [-0.3, -0.25) is 0 Å². The van der Waals surface area contributed by atoms with Crippen molar-refractivity contribution < 1.29 is 21.6 Å². The normalized spacial score (nSPS) is 12.6. The first-order valence-corrected chi connectivity index (χ1v) is 7.40. The van der Waals surface area contributed by atoms with Crippen LogP contribution in [0.3, 0.4) is 0 Å². The van der Waals surface area contributed by atoms with Crippen molar-refractivity contribution in [1.29, 1.82) is 0 Å². The fourth-order valence-electron chi connectivity index (χ4n) is 1.53. The Kier molecular flexibility index (Phi) is 4.26. The molecule has 2 aromatic rings. The highest BCUT2D eigenvalue weighted by Crippen LogP contribution is 2.35. The summed E-state index contributed by atoms with van der Waals surface area (Å²) < 4.78 is 64.2. The van der Waals surface area contributed by atoms with Gasteiger partial charge in [0, 0.05) is 11.9 Å². The Hall–Kier alpha value is -1.58. The summed E-state index contributed by atoms with van der Waals surface area (Å²) >= 11 is 5.44. The van der Waals surface area contributed by atoms with E-state index in [-0.39, 0.29) is 6.54 Å². The Morgan fingerprint density at radius 2 is 2.05 bits per heavy atom. The number of nitrogens with zero attached hydrogens (tertiary/aromatic N) is 1. The molecule has 0 saturated heterocycles. The Morgan fingerprint density at radius 3 is 2.62 bits per heavy atom. The van der Waals surface area contributed by atoms with Crippen LogP contribution in [0.15, 0.2) is 35.6 Å². The standard InChI is InChI=1S/C11H9ClF3N3O2S/c12-10-2-1-8(3-9(10)11(13,14)15)21(19,20)18-5-7-4-16-6-17-7/h1-4,6,18H,5H2,(H,16,17). The first-order valence-electron chi connectivity index (χ1n) is 5.54. The van der Waals surface area contributed by atoms with Gasteiger partial charge < -0.3 is 4.98 Å². The second-order valence-electron chi connectivity index (χ2n) is 4.04. The van der Waals surface area contributed by atoms with Gasteiger partial charge in [0.1, 0.15) is 0 Å². The Labute approximate surface area is 123 Å². The maximum absolute atomic E-state index is 12.7. The maximum atomic E-state index is 12.7. The molecule has 1 aromatic carbocycles. The van der Waals surface area contributed by atoms with E-state index in [1.54, 1.807) is 0 Å². The number of H-pyrrole nitrogens is 1. The number of hydrogen-bond acceptors (Lipinski definition) is 3. The number of halogens is 4. The SMILES string of the molecule is O=S(=O)(NCc1cnc[nH]1)c1ccc(Cl)c(C(F)(F)F)c1. The summed E-state index contributed by atoms with van der Waals surface area (Å²) in [7, 11) is -4.09. The highest BCUT2D eigenvalue weighted by Gasteiger charge is 2.34. The first-order chi connectivity index (χ1) is 9.70. The fraction of sp³-hybridized carbons (Fsp3) is 0.182. The van der Waals surface area contributed by atoms with E-state index >= 15 is 0 Å². The van der Waals surface area contributed by atoms with Gasteiger partial charge in [0.25, 0.3) is 0 Å². The van der Waals surface area contributed by atoms with E-state index in [1.165, 1.54) is 12.5 Å². The van der Waals surface area contributed by atoms with Gasteiger partial charge in [-0.1, -0.05) is 11.6 Å². The second kappa shape index (κ2) is 5.66. The quantitative estimate of drug-likeness (QED) is 0.899. The average molecular weight is 340 g/mol. The van der Waals surface area contributed by atoms with E-state index in [4.69, 9.17) is 11.6 Å². The van der Waals surface area contributed by atoms with Crippen LogP contribution in [0.25, 0.3) is 0 Å². The smallest absolute Gasteiger partial charge is 0.347 e. The first kappa shape index (κ1) is 15.8. The summed E-state index contributed by atoms with van der Waals surface area (Å²) in [6.07, 6.45) is -1.98. The van der Waals surface area contributed by atoms with Gasteiger partial charge in [-0.25, -0.2) is 18.1 Å². The zero-order chi connectivity index (χ0) is 15.7. The lowest BCUT2D eigenvalue weighted by molar-refractivity contribution is -0.137. The largest absolute Gasteiger partial charge is 0.417 e. The molecule has 114 valence electrons. The van der Waals surface area contributed by atoms with E-state index < -0.39 is 31.7 Å². The Morgan fingerprint density at radius 1 is 1.33 bits per heavy atom. The number of imidazole rings is 1. The molecule has 10 heteroatoms. The number of rotatable bonds is 4. The summed E-state index contributed by atoms with van der Waals surface area (Å²) in [5, 5.41) is -0.560. The predicted molar refractivity (Wildman–Crippen MR) is 69.1 cm³/mol. The van der Waals surface area contributed by atoms with Gasteiger partial charge in [-0.15, -0.1) is 0 Å². The van der Waals surface area contributed by atoms with Gasteiger partial charge in [-0.2, -0.15) is 13.2 Å². The number of aromatic amines is 1. The molecule has 2 N–H and O–H groups in total. The molecule has 0 saturated carbocycles. The molecule has 0 aliphatic carbocycles. The predicted octanol–water partition coefficient (Wildman–Crippen LogP) is 2.56. The van der Waals surface area contributed by atoms with Crippen LogP contribution in [-0.2, 0) is 22.7 Å². The number of benzene rings is 1. The minimum atomic E-state index is -4.73. The second-order valence-corrected chi connectivity index (χ2v) is 6.21. The van der Waals surface area contributed by atoms with E-state index in [1.807, 2.05) is 0 Å². The minimum absolute atomic E-state index is 0.119. The van der Waals surface area contributed by atoms with Crippen molar-refractivity contribution in [1.82, 2.24) is 14.7 Å². The summed E-state index contributed by atoms with van der Waals surface area (Å²) in [5.74, 6) is 0. The highest BCUT2D eigenvalue weighted by atomic mass is 35.5. The van der Waals surface area contributed by atoms with Gasteiger partial charge >= 0.3 is 6.18 Å². The van der Waals surface area contributed by atoms with Crippen LogP contribution in [0, 0.1) is 0 Å². The molecule has 0 spiro atoms. The van der Waals surface area contributed by atoms with Crippen LogP contribution in [0.1, 0.15) is 11.3 Å². The maximum Gasteiger partial charge on any atom is 0.417 e. The number of hydrogen-bond donors (Lipinski definition) is 2. The van der Waals surface area contributed by atoms with Crippen LogP contribution in [0.2, 0.25) is 5.02 Å². The summed E-state index contributed by atoms with van der Waals surface area (Å²) in [6, 6.07) is 2.40. The number of alkyl halides is 3. The van der Waals surface area contributed by atoms with Gasteiger partial charge in [-0.05, 0) is 18.2 Å². The third-order valence-electron chi connectivity index (χ3n) is 2.56. The van der Waals surface area contributed by atoms with Gasteiger partial charge in [0.15, 0.2) is 0 Å². The lowest BCUT2D eigenvalue weighted by Crippen LogP contribution is -2.24. The van der Waals surface area contributed by atoms with Crippen molar-refractivity contribution in [3.8, 4) is 0 Å². The third kappa shape index (κ3) is 3.74. The molecule has 0 radical (unpaired) electrons. The van der Waals surface area contributed by atoms with Crippen LogP contribution in [-0.4, -0.2) is 18.4 Å². The molecule has 0 fully saturated rings. The Bertz CT molecular complexity index is 730. The van der Waals surface area contributed by atoms with Crippen LogP contribution >= 0.6 is 11.6 Å². The average Bonchev–Trinajstić information content (AvgIpc) is 2.88. The van der Waals surface area contributed by atoms with E-state index in [0.29, 0.717) is 11.8 Å². The van der Waals surface area contributed by atoms with Crippen molar-refractivity contribution in [2.75, 3.05) is 0 Å². The van der Waals surface area contributed by atoms with Crippen molar-refractivity contribution in [3.05, 3.63) is 47.0 Å². The lowest BCUT2D eigenvalue weighted by Gasteiger charge is -2.11. The van der Waals surface area contributed by atoms with Crippen LogP contribution < -0.4 is 4.72 Å². The molecule has 1 heterocycles. The topological polar surface area (TPSA) is 74.8 Å². The molecular formula is C11H9ClF3N3O2S. The van der Waals surface area contributed by atoms with Gasteiger partial charge in [0.05, 0.1) is 28.4 Å². The van der Waals surface area contributed by atoms with Gasteiger partial charge in [0.2, 0.25) is 10.0 Å².